The predicted octanol–water partition coefficient (Wildman–Crippen LogP) is 1.47. The van der Waals surface area contributed by atoms with Crippen molar-refractivity contribution < 1.29 is 4.74 Å². The zero-order chi connectivity index (χ0) is 11.1. The van der Waals surface area contributed by atoms with Gasteiger partial charge in [-0.25, -0.2) is 0 Å². The summed E-state index contributed by atoms with van der Waals surface area (Å²) in [7, 11) is 0. The van der Waals surface area contributed by atoms with E-state index in [0.717, 1.165) is 32.8 Å². The molecular weight excluding hydrogens is 188 g/mol. The van der Waals surface area contributed by atoms with Gasteiger partial charge in [0.25, 0.3) is 0 Å². The van der Waals surface area contributed by atoms with Gasteiger partial charge >= 0.3 is 0 Å². The summed E-state index contributed by atoms with van der Waals surface area (Å²) < 4.78 is 5.56. The molecule has 0 aromatic heterocycles. The summed E-state index contributed by atoms with van der Waals surface area (Å²) in [6.07, 6.45) is 3.69. The molecule has 0 spiro atoms. The summed E-state index contributed by atoms with van der Waals surface area (Å²) in [5.74, 6) is 0.648. The lowest BCUT2D eigenvalue weighted by atomic mass is 9.92. The van der Waals surface area contributed by atoms with Crippen molar-refractivity contribution in [2.75, 3.05) is 32.8 Å². The van der Waals surface area contributed by atoms with E-state index in [0.29, 0.717) is 12.0 Å². The zero-order valence-electron chi connectivity index (χ0n) is 10.2. The summed E-state index contributed by atoms with van der Waals surface area (Å²) in [5.41, 5.74) is 5.91. The maximum atomic E-state index is 5.91. The van der Waals surface area contributed by atoms with Crippen molar-refractivity contribution in [1.82, 2.24) is 4.90 Å². The van der Waals surface area contributed by atoms with E-state index in [1.54, 1.807) is 0 Å². The van der Waals surface area contributed by atoms with E-state index in [4.69, 9.17) is 10.5 Å². The fraction of sp³-hybridized carbons (Fsp3) is 1.00. The molecule has 1 saturated heterocycles. The largest absolute Gasteiger partial charge is 0.381 e. The monoisotopic (exact) mass is 214 g/mol. The SMILES string of the molecule is CCCN(CC)C(CN)C1CCCOC1. The second-order valence-corrected chi connectivity index (χ2v) is 4.41. The molecule has 1 heterocycles. The molecule has 0 bridgehead atoms. The first-order valence-corrected chi connectivity index (χ1v) is 6.35. The van der Waals surface area contributed by atoms with Gasteiger partial charge in [-0.15, -0.1) is 0 Å². The number of likely N-dealkylation sites (N-methyl/N-ethyl adjacent to an activating group) is 1. The number of rotatable bonds is 6. The van der Waals surface area contributed by atoms with Crippen molar-refractivity contribution in [3.8, 4) is 0 Å². The second-order valence-electron chi connectivity index (χ2n) is 4.41. The molecule has 90 valence electrons. The van der Waals surface area contributed by atoms with Gasteiger partial charge in [0.05, 0.1) is 6.61 Å². The molecule has 0 aromatic rings. The Labute approximate surface area is 94.0 Å². The lowest BCUT2D eigenvalue weighted by Crippen LogP contribution is -2.48. The van der Waals surface area contributed by atoms with Crippen LogP contribution in [0.25, 0.3) is 0 Å². The Kier molecular flexibility index (Phi) is 6.22. The molecule has 3 nitrogen and oxygen atoms in total. The zero-order valence-corrected chi connectivity index (χ0v) is 10.2. The summed E-state index contributed by atoms with van der Waals surface area (Å²) in [6.45, 7) is 9.33. The molecule has 0 amide bonds. The third kappa shape index (κ3) is 3.74. The minimum absolute atomic E-state index is 0.523. The third-order valence-corrected chi connectivity index (χ3v) is 3.37. The van der Waals surface area contributed by atoms with Gasteiger partial charge in [-0.2, -0.15) is 0 Å². The average Bonchev–Trinajstić information content (AvgIpc) is 2.30. The molecule has 1 aliphatic rings. The molecule has 2 atom stereocenters. The average molecular weight is 214 g/mol. The van der Waals surface area contributed by atoms with Crippen molar-refractivity contribution in [2.24, 2.45) is 11.7 Å². The highest BCUT2D eigenvalue weighted by Gasteiger charge is 2.26. The second kappa shape index (κ2) is 7.20. The van der Waals surface area contributed by atoms with Gasteiger partial charge in [-0.1, -0.05) is 13.8 Å². The van der Waals surface area contributed by atoms with Crippen LogP contribution in [-0.2, 0) is 4.74 Å². The molecular formula is C12H26N2O. The van der Waals surface area contributed by atoms with E-state index in [-0.39, 0.29) is 0 Å². The molecule has 15 heavy (non-hydrogen) atoms. The van der Waals surface area contributed by atoms with Crippen LogP contribution in [0.15, 0.2) is 0 Å². The molecule has 0 radical (unpaired) electrons. The van der Waals surface area contributed by atoms with Gasteiger partial charge in [-0.3, -0.25) is 4.90 Å². The predicted molar refractivity (Wildman–Crippen MR) is 63.9 cm³/mol. The molecule has 2 N–H and O–H groups in total. The molecule has 1 aliphatic heterocycles. The van der Waals surface area contributed by atoms with Crippen molar-refractivity contribution in [2.45, 2.75) is 39.2 Å². The number of hydrogen-bond acceptors (Lipinski definition) is 3. The molecule has 0 saturated carbocycles. The van der Waals surface area contributed by atoms with Gasteiger partial charge in [0.2, 0.25) is 0 Å². The highest BCUT2D eigenvalue weighted by Crippen LogP contribution is 2.21. The molecule has 0 aliphatic carbocycles. The highest BCUT2D eigenvalue weighted by atomic mass is 16.5. The van der Waals surface area contributed by atoms with Crippen LogP contribution in [0.5, 0.6) is 0 Å². The molecule has 2 unspecified atom stereocenters. The van der Waals surface area contributed by atoms with E-state index in [1.807, 2.05) is 0 Å². The van der Waals surface area contributed by atoms with Gasteiger partial charge < -0.3 is 10.5 Å². The lowest BCUT2D eigenvalue weighted by Gasteiger charge is -2.37. The van der Waals surface area contributed by atoms with E-state index >= 15 is 0 Å². The minimum atomic E-state index is 0.523. The van der Waals surface area contributed by atoms with Crippen LogP contribution in [-0.4, -0.2) is 43.8 Å². The Hall–Kier alpha value is -0.120. The van der Waals surface area contributed by atoms with Crippen molar-refractivity contribution in [3.05, 3.63) is 0 Å². The first-order chi connectivity index (χ1) is 7.33. The maximum absolute atomic E-state index is 5.91. The Morgan fingerprint density at radius 3 is 2.73 bits per heavy atom. The van der Waals surface area contributed by atoms with Crippen LogP contribution in [0, 0.1) is 5.92 Å². The minimum Gasteiger partial charge on any atom is -0.381 e. The summed E-state index contributed by atoms with van der Waals surface area (Å²) >= 11 is 0. The number of nitrogens with two attached hydrogens (primary N) is 1. The van der Waals surface area contributed by atoms with Crippen LogP contribution < -0.4 is 5.73 Å². The smallest absolute Gasteiger partial charge is 0.0509 e. The quantitative estimate of drug-likeness (QED) is 0.728. The number of nitrogens with zero attached hydrogens (tertiary/aromatic N) is 1. The topological polar surface area (TPSA) is 38.5 Å². The molecule has 0 aromatic carbocycles. The normalized spacial score (nSPS) is 24.4. The Balaban J connectivity index is 2.50. The first-order valence-electron chi connectivity index (χ1n) is 6.35. The standard InChI is InChI=1S/C12H26N2O/c1-3-7-14(4-2)12(9-13)11-6-5-8-15-10-11/h11-12H,3-10,13H2,1-2H3. The van der Waals surface area contributed by atoms with Gasteiger partial charge in [-0.05, 0) is 38.3 Å². The summed E-state index contributed by atoms with van der Waals surface area (Å²) in [6, 6.07) is 0.523. The Bertz CT molecular complexity index is 153. The van der Waals surface area contributed by atoms with Crippen molar-refractivity contribution >= 4 is 0 Å². The molecule has 3 heteroatoms. The van der Waals surface area contributed by atoms with Gasteiger partial charge in [0.15, 0.2) is 0 Å². The van der Waals surface area contributed by atoms with E-state index < -0.39 is 0 Å². The summed E-state index contributed by atoms with van der Waals surface area (Å²) in [5, 5.41) is 0. The Morgan fingerprint density at radius 1 is 1.47 bits per heavy atom. The van der Waals surface area contributed by atoms with Crippen molar-refractivity contribution in [3.63, 3.8) is 0 Å². The maximum Gasteiger partial charge on any atom is 0.0509 e. The fourth-order valence-electron chi connectivity index (χ4n) is 2.55. The number of hydrogen-bond donors (Lipinski definition) is 1. The van der Waals surface area contributed by atoms with Crippen LogP contribution in [0.2, 0.25) is 0 Å². The lowest BCUT2D eigenvalue weighted by molar-refractivity contribution is 0.0124. The number of ether oxygens (including phenoxy) is 1. The highest BCUT2D eigenvalue weighted by molar-refractivity contribution is 4.81. The van der Waals surface area contributed by atoms with Gasteiger partial charge in [0, 0.05) is 19.2 Å². The van der Waals surface area contributed by atoms with E-state index in [2.05, 4.69) is 18.7 Å². The first kappa shape index (κ1) is 12.9. The van der Waals surface area contributed by atoms with E-state index in [9.17, 15) is 0 Å². The van der Waals surface area contributed by atoms with Crippen LogP contribution >= 0.6 is 0 Å². The van der Waals surface area contributed by atoms with Crippen molar-refractivity contribution in [1.29, 1.82) is 0 Å². The molecule has 1 rings (SSSR count). The fourth-order valence-corrected chi connectivity index (χ4v) is 2.55. The van der Waals surface area contributed by atoms with Crippen LogP contribution in [0.4, 0.5) is 0 Å². The van der Waals surface area contributed by atoms with E-state index in [1.165, 1.54) is 19.3 Å². The summed E-state index contributed by atoms with van der Waals surface area (Å²) in [4.78, 5) is 2.51. The van der Waals surface area contributed by atoms with Crippen LogP contribution in [0.1, 0.15) is 33.1 Å². The van der Waals surface area contributed by atoms with Crippen LogP contribution in [0.3, 0.4) is 0 Å². The van der Waals surface area contributed by atoms with Gasteiger partial charge in [0.1, 0.15) is 0 Å². The third-order valence-electron chi connectivity index (χ3n) is 3.37. The molecule has 1 fully saturated rings. The Morgan fingerprint density at radius 2 is 2.27 bits per heavy atom.